The first-order chi connectivity index (χ1) is 4.66. The summed E-state index contributed by atoms with van der Waals surface area (Å²) in [5.74, 6) is 1.85. The number of nitrogens with two attached hydrogens (primary N) is 1. The van der Waals surface area contributed by atoms with E-state index in [1.807, 2.05) is 0 Å². The third-order valence-electron chi connectivity index (χ3n) is 1.17. The molecule has 0 bridgehead atoms. The van der Waals surface area contributed by atoms with E-state index in [-0.39, 0.29) is 12.4 Å². The average Bonchev–Trinajstić information content (AvgIpc) is 1.87. The Kier molecular flexibility index (Phi) is 10.2. The summed E-state index contributed by atoms with van der Waals surface area (Å²) >= 11 is 1.63. The fourth-order valence-corrected chi connectivity index (χ4v) is 1.39. The lowest BCUT2D eigenvalue weighted by molar-refractivity contribution is 0.632. The van der Waals surface area contributed by atoms with Crippen molar-refractivity contribution in [3.8, 4) is 0 Å². The SMILES string of the molecule is CN=C(N)SCCC(C)C.Cl. The zero-order chi connectivity index (χ0) is 7.98. The van der Waals surface area contributed by atoms with Gasteiger partial charge in [0.05, 0.1) is 0 Å². The van der Waals surface area contributed by atoms with Crippen LogP contribution in [0.4, 0.5) is 0 Å². The maximum Gasteiger partial charge on any atom is 0.153 e. The second-order valence-corrected chi connectivity index (χ2v) is 3.71. The number of halogens is 1. The van der Waals surface area contributed by atoms with E-state index < -0.39 is 0 Å². The molecule has 0 heterocycles. The van der Waals surface area contributed by atoms with Gasteiger partial charge in [-0.15, -0.1) is 12.4 Å². The summed E-state index contributed by atoms with van der Waals surface area (Å²) in [6, 6.07) is 0. The predicted octanol–water partition coefficient (Wildman–Crippen LogP) is 2.13. The number of amidine groups is 1. The Morgan fingerprint density at radius 2 is 2.09 bits per heavy atom. The van der Waals surface area contributed by atoms with Crippen molar-refractivity contribution in [1.82, 2.24) is 0 Å². The van der Waals surface area contributed by atoms with Gasteiger partial charge in [0.15, 0.2) is 5.17 Å². The molecule has 0 unspecified atom stereocenters. The molecule has 0 aromatic rings. The molecule has 0 saturated heterocycles. The van der Waals surface area contributed by atoms with Crippen LogP contribution in [0.15, 0.2) is 4.99 Å². The molecule has 0 amide bonds. The van der Waals surface area contributed by atoms with E-state index in [2.05, 4.69) is 18.8 Å². The molecule has 0 aromatic carbocycles. The highest BCUT2D eigenvalue weighted by Crippen LogP contribution is 2.07. The largest absolute Gasteiger partial charge is 0.379 e. The molecule has 11 heavy (non-hydrogen) atoms. The standard InChI is InChI=1S/C7H16N2S.ClH/c1-6(2)4-5-10-7(8)9-3;/h6H,4-5H2,1-3H3,(H2,8,9);1H. The van der Waals surface area contributed by atoms with Crippen molar-refractivity contribution in [3.05, 3.63) is 0 Å². The van der Waals surface area contributed by atoms with Crippen LogP contribution >= 0.6 is 24.2 Å². The van der Waals surface area contributed by atoms with Gasteiger partial charge in [-0.2, -0.15) is 0 Å². The summed E-state index contributed by atoms with van der Waals surface area (Å²) in [6.07, 6.45) is 1.21. The minimum Gasteiger partial charge on any atom is -0.379 e. The Balaban J connectivity index is 0. The number of hydrogen-bond donors (Lipinski definition) is 1. The number of thioether (sulfide) groups is 1. The van der Waals surface area contributed by atoms with Gasteiger partial charge >= 0.3 is 0 Å². The van der Waals surface area contributed by atoms with E-state index in [0.29, 0.717) is 5.17 Å². The second kappa shape index (κ2) is 8.21. The lowest BCUT2D eigenvalue weighted by atomic mass is 10.2. The molecule has 0 aromatic heterocycles. The summed E-state index contributed by atoms with van der Waals surface area (Å²) in [5.41, 5.74) is 5.47. The highest BCUT2D eigenvalue weighted by molar-refractivity contribution is 8.13. The Hall–Kier alpha value is 0.110. The van der Waals surface area contributed by atoms with Crippen LogP contribution in [0.3, 0.4) is 0 Å². The molecule has 0 spiro atoms. The van der Waals surface area contributed by atoms with Crippen LogP contribution in [-0.2, 0) is 0 Å². The molecule has 2 nitrogen and oxygen atoms in total. The van der Waals surface area contributed by atoms with Gasteiger partial charge in [0.1, 0.15) is 0 Å². The maximum absolute atomic E-state index is 5.47. The van der Waals surface area contributed by atoms with Gasteiger partial charge < -0.3 is 5.73 Å². The molecule has 0 radical (unpaired) electrons. The zero-order valence-corrected chi connectivity index (χ0v) is 8.97. The molecule has 0 fully saturated rings. The Labute approximate surface area is 79.4 Å². The van der Waals surface area contributed by atoms with Crippen molar-refractivity contribution in [2.45, 2.75) is 20.3 Å². The smallest absolute Gasteiger partial charge is 0.153 e. The molecule has 4 heteroatoms. The Morgan fingerprint density at radius 3 is 2.45 bits per heavy atom. The normalized spacial score (nSPS) is 11.5. The molecule has 0 atom stereocenters. The van der Waals surface area contributed by atoms with Gasteiger partial charge in [-0.05, 0) is 12.3 Å². The Bertz CT molecular complexity index is 115. The number of nitrogens with zero attached hydrogens (tertiary/aromatic N) is 1. The van der Waals surface area contributed by atoms with Crippen LogP contribution < -0.4 is 5.73 Å². The van der Waals surface area contributed by atoms with Gasteiger partial charge in [0.25, 0.3) is 0 Å². The highest BCUT2D eigenvalue weighted by Gasteiger charge is 1.95. The van der Waals surface area contributed by atoms with E-state index in [4.69, 9.17) is 5.73 Å². The van der Waals surface area contributed by atoms with Crippen LogP contribution in [-0.4, -0.2) is 18.0 Å². The molecular weight excluding hydrogens is 180 g/mol. The van der Waals surface area contributed by atoms with Gasteiger partial charge in [0, 0.05) is 12.8 Å². The van der Waals surface area contributed by atoms with E-state index in [1.54, 1.807) is 18.8 Å². The van der Waals surface area contributed by atoms with Crippen molar-refractivity contribution in [2.75, 3.05) is 12.8 Å². The quantitative estimate of drug-likeness (QED) is 0.555. The van der Waals surface area contributed by atoms with Crippen molar-refractivity contribution in [1.29, 1.82) is 0 Å². The minimum atomic E-state index is 0. The van der Waals surface area contributed by atoms with Crippen LogP contribution in [0.1, 0.15) is 20.3 Å². The maximum atomic E-state index is 5.47. The van der Waals surface area contributed by atoms with Crippen LogP contribution in [0.25, 0.3) is 0 Å². The minimum absolute atomic E-state index is 0. The van der Waals surface area contributed by atoms with Gasteiger partial charge in [-0.3, -0.25) is 4.99 Å². The third kappa shape index (κ3) is 10.1. The lowest BCUT2D eigenvalue weighted by Gasteiger charge is -2.02. The third-order valence-corrected chi connectivity index (χ3v) is 2.08. The molecule has 0 aliphatic heterocycles. The highest BCUT2D eigenvalue weighted by atomic mass is 35.5. The van der Waals surface area contributed by atoms with Crippen LogP contribution in [0.2, 0.25) is 0 Å². The van der Waals surface area contributed by atoms with E-state index >= 15 is 0 Å². The van der Waals surface area contributed by atoms with Gasteiger partial charge in [-0.25, -0.2) is 0 Å². The molecular formula is C7H17ClN2S. The second-order valence-electron chi connectivity index (χ2n) is 2.59. The van der Waals surface area contributed by atoms with Crippen LogP contribution in [0, 0.1) is 5.92 Å². The van der Waals surface area contributed by atoms with Crippen molar-refractivity contribution >= 4 is 29.3 Å². The molecule has 68 valence electrons. The summed E-state index contributed by atoms with van der Waals surface area (Å²) in [7, 11) is 1.72. The number of aliphatic imine (C=N–C) groups is 1. The predicted molar refractivity (Wildman–Crippen MR) is 56.7 cm³/mol. The molecule has 0 rings (SSSR count). The van der Waals surface area contributed by atoms with Crippen LogP contribution in [0.5, 0.6) is 0 Å². The molecule has 0 saturated carbocycles. The topological polar surface area (TPSA) is 38.4 Å². The zero-order valence-electron chi connectivity index (χ0n) is 7.33. The fourth-order valence-electron chi connectivity index (χ4n) is 0.464. The Morgan fingerprint density at radius 1 is 1.55 bits per heavy atom. The number of rotatable bonds is 3. The van der Waals surface area contributed by atoms with E-state index in [1.165, 1.54) is 6.42 Å². The summed E-state index contributed by atoms with van der Waals surface area (Å²) in [6.45, 7) is 4.42. The molecule has 0 aliphatic rings. The molecule has 2 N–H and O–H groups in total. The first-order valence-electron chi connectivity index (χ1n) is 3.52. The summed E-state index contributed by atoms with van der Waals surface area (Å²) in [5, 5.41) is 0.695. The van der Waals surface area contributed by atoms with Crippen molar-refractivity contribution in [3.63, 3.8) is 0 Å². The average molecular weight is 197 g/mol. The van der Waals surface area contributed by atoms with Gasteiger partial charge in [-0.1, -0.05) is 25.6 Å². The summed E-state index contributed by atoms with van der Waals surface area (Å²) < 4.78 is 0. The van der Waals surface area contributed by atoms with Crippen molar-refractivity contribution < 1.29 is 0 Å². The van der Waals surface area contributed by atoms with E-state index in [0.717, 1.165) is 11.7 Å². The lowest BCUT2D eigenvalue weighted by Crippen LogP contribution is -2.07. The first kappa shape index (κ1) is 13.7. The van der Waals surface area contributed by atoms with Crippen molar-refractivity contribution in [2.24, 2.45) is 16.6 Å². The first-order valence-corrected chi connectivity index (χ1v) is 4.50. The van der Waals surface area contributed by atoms with E-state index in [9.17, 15) is 0 Å². The van der Waals surface area contributed by atoms with Gasteiger partial charge in [0.2, 0.25) is 0 Å². The fraction of sp³-hybridized carbons (Fsp3) is 0.857. The summed E-state index contributed by atoms with van der Waals surface area (Å²) in [4.78, 5) is 3.84. The molecule has 0 aliphatic carbocycles. The monoisotopic (exact) mass is 196 g/mol. The number of hydrogen-bond acceptors (Lipinski definition) is 2.